The van der Waals surface area contributed by atoms with E-state index < -0.39 is 0 Å². The number of pyridine rings is 1. The summed E-state index contributed by atoms with van der Waals surface area (Å²) in [4.78, 5) is 17.1. The molecule has 1 aliphatic rings. The zero-order chi connectivity index (χ0) is 19.8. The van der Waals surface area contributed by atoms with Gasteiger partial charge in [-0.1, -0.05) is 50.5 Å². The highest BCUT2D eigenvalue weighted by Gasteiger charge is 2.26. The van der Waals surface area contributed by atoms with Crippen molar-refractivity contribution < 1.29 is 9.53 Å². The highest BCUT2D eigenvalue weighted by Crippen LogP contribution is 2.33. The summed E-state index contributed by atoms with van der Waals surface area (Å²) in [5, 5.41) is 3.01. The number of hydrogen-bond acceptors (Lipinski definition) is 3. The first kappa shape index (κ1) is 20.4. The van der Waals surface area contributed by atoms with Crippen LogP contribution in [0.2, 0.25) is 0 Å². The Kier molecular flexibility index (Phi) is 7.46. The van der Waals surface area contributed by atoms with Crippen LogP contribution in [0.5, 0.6) is 5.75 Å². The predicted molar refractivity (Wildman–Crippen MR) is 113 cm³/mol. The van der Waals surface area contributed by atoms with Gasteiger partial charge in [0.2, 0.25) is 5.91 Å². The van der Waals surface area contributed by atoms with E-state index in [9.17, 15) is 4.79 Å². The minimum absolute atomic E-state index is 0.0772. The Morgan fingerprint density at radius 3 is 2.68 bits per heavy atom. The molecule has 1 saturated carbocycles. The average Bonchev–Trinajstić information content (AvgIpc) is 2.73. The molecule has 0 aliphatic heterocycles. The van der Waals surface area contributed by atoms with Gasteiger partial charge in [-0.15, -0.1) is 0 Å². The quantitative estimate of drug-likeness (QED) is 0.620. The van der Waals surface area contributed by atoms with Crippen LogP contribution >= 0.6 is 0 Å². The van der Waals surface area contributed by atoms with E-state index in [-0.39, 0.29) is 11.8 Å². The molecule has 1 aromatic heterocycles. The highest BCUT2D eigenvalue weighted by molar-refractivity contribution is 5.92. The summed E-state index contributed by atoms with van der Waals surface area (Å²) in [6, 6.07) is 11.9. The number of ether oxygens (including phenoxy) is 1. The molecule has 2 aromatic rings. The fourth-order valence-electron chi connectivity index (χ4n) is 3.95. The first-order chi connectivity index (χ1) is 13.7. The summed E-state index contributed by atoms with van der Waals surface area (Å²) in [6.07, 6.45) is 9.84. The van der Waals surface area contributed by atoms with Crippen molar-refractivity contribution in [1.82, 2.24) is 4.98 Å². The van der Waals surface area contributed by atoms with Crippen LogP contribution in [0, 0.1) is 18.8 Å². The largest absolute Gasteiger partial charge is 0.485 e. The van der Waals surface area contributed by atoms with Crippen LogP contribution in [-0.2, 0) is 11.4 Å². The van der Waals surface area contributed by atoms with Crippen molar-refractivity contribution in [2.24, 2.45) is 11.8 Å². The van der Waals surface area contributed by atoms with Crippen molar-refractivity contribution in [3.8, 4) is 5.75 Å². The summed E-state index contributed by atoms with van der Waals surface area (Å²) in [5.41, 5.74) is 2.32. The number of hydrogen-bond donors (Lipinski definition) is 1. The molecule has 1 aliphatic carbocycles. The van der Waals surface area contributed by atoms with Crippen molar-refractivity contribution >= 4 is 11.7 Å². The zero-order valence-corrected chi connectivity index (χ0v) is 17.1. The third-order valence-corrected chi connectivity index (χ3v) is 5.84. The van der Waals surface area contributed by atoms with Gasteiger partial charge in [0, 0.05) is 12.1 Å². The summed E-state index contributed by atoms with van der Waals surface area (Å²) < 4.78 is 5.98. The third-order valence-electron chi connectivity index (χ3n) is 5.84. The van der Waals surface area contributed by atoms with Gasteiger partial charge in [-0.2, -0.15) is 0 Å². The molecular formula is C24H32N2O2. The molecular weight excluding hydrogens is 348 g/mol. The van der Waals surface area contributed by atoms with Crippen LogP contribution in [0.15, 0.2) is 42.6 Å². The molecule has 0 unspecified atom stereocenters. The van der Waals surface area contributed by atoms with Crippen molar-refractivity contribution in [2.75, 3.05) is 5.32 Å². The Balaban J connectivity index is 1.56. The van der Waals surface area contributed by atoms with Crippen LogP contribution in [0.3, 0.4) is 0 Å². The third kappa shape index (κ3) is 5.57. The number of aryl methyl sites for hydroxylation is 1. The molecule has 0 saturated heterocycles. The van der Waals surface area contributed by atoms with E-state index in [4.69, 9.17) is 4.74 Å². The van der Waals surface area contributed by atoms with Gasteiger partial charge >= 0.3 is 0 Å². The summed E-state index contributed by atoms with van der Waals surface area (Å²) >= 11 is 0. The van der Waals surface area contributed by atoms with Crippen molar-refractivity contribution in [2.45, 2.75) is 65.4 Å². The Hall–Kier alpha value is -2.36. The van der Waals surface area contributed by atoms with E-state index in [2.05, 4.69) is 36.3 Å². The van der Waals surface area contributed by atoms with Crippen LogP contribution in [0.1, 0.15) is 63.0 Å². The highest BCUT2D eigenvalue weighted by atomic mass is 16.5. The Bertz CT molecular complexity index is 767. The maximum Gasteiger partial charge on any atom is 0.228 e. The number of anilines is 1. The summed E-state index contributed by atoms with van der Waals surface area (Å²) in [7, 11) is 0. The molecule has 4 nitrogen and oxygen atoms in total. The molecule has 4 heteroatoms. The Morgan fingerprint density at radius 1 is 1.14 bits per heavy atom. The second-order valence-corrected chi connectivity index (χ2v) is 7.91. The first-order valence-corrected chi connectivity index (χ1v) is 10.6. The molecule has 1 N–H and O–H groups in total. The monoisotopic (exact) mass is 380 g/mol. The van der Waals surface area contributed by atoms with E-state index in [0.717, 1.165) is 37.2 Å². The number of amides is 1. The second-order valence-electron chi connectivity index (χ2n) is 7.91. The standard InChI is InChI=1S/C24H32N2O2/c1-3-4-9-19-12-14-20(15-13-19)24(27)26-23-22(11-7-16-25-23)28-17-21-10-6-5-8-18(21)2/h5-8,10-11,16,19-20H,3-4,9,12-15,17H2,1-2H3,(H,25,26,27). The number of aromatic nitrogens is 1. The number of benzene rings is 1. The summed E-state index contributed by atoms with van der Waals surface area (Å²) in [6.45, 7) is 4.77. The number of nitrogens with one attached hydrogen (secondary N) is 1. The fourth-order valence-corrected chi connectivity index (χ4v) is 3.95. The lowest BCUT2D eigenvalue weighted by atomic mass is 9.79. The minimum Gasteiger partial charge on any atom is -0.485 e. The molecule has 1 fully saturated rings. The molecule has 0 spiro atoms. The van der Waals surface area contributed by atoms with Gasteiger partial charge in [-0.3, -0.25) is 4.79 Å². The molecule has 0 atom stereocenters. The van der Waals surface area contributed by atoms with Crippen LogP contribution < -0.4 is 10.1 Å². The number of carbonyl (C=O) groups excluding carboxylic acids is 1. The van der Waals surface area contributed by atoms with E-state index in [1.807, 2.05) is 24.3 Å². The molecule has 28 heavy (non-hydrogen) atoms. The van der Waals surface area contributed by atoms with Gasteiger partial charge in [0.1, 0.15) is 6.61 Å². The van der Waals surface area contributed by atoms with Crippen molar-refractivity contribution in [1.29, 1.82) is 0 Å². The zero-order valence-electron chi connectivity index (χ0n) is 17.1. The number of unbranched alkanes of at least 4 members (excludes halogenated alkanes) is 1. The van der Waals surface area contributed by atoms with Gasteiger partial charge in [-0.25, -0.2) is 4.98 Å². The molecule has 1 aromatic carbocycles. The lowest BCUT2D eigenvalue weighted by molar-refractivity contribution is -0.121. The second kappa shape index (κ2) is 10.3. The Labute approximate surface area is 168 Å². The van der Waals surface area contributed by atoms with Crippen LogP contribution in [-0.4, -0.2) is 10.9 Å². The van der Waals surface area contributed by atoms with E-state index in [1.54, 1.807) is 6.20 Å². The Morgan fingerprint density at radius 2 is 1.93 bits per heavy atom. The van der Waals surface area contributed by atoms with Gasteiger partial charge in [0.05, 0.1) is 0 Å². The van der Waals surface area contributed by atoms with Gasteiger partial charge in [0.25, 0.3) is 0 Å². The fraction of sp³-hybridized carbons (Fsp3) is 0.500. The summed E-state index contributed by atoms with van der Waals surface area (Å²) in [5.74, 6) is 2.11. The molecule has 1 amide bonds. The van der Waals surface area contributed by atoms with Crippen LogP contribution in [0.4, 0.5) is 5.82 Å². The molecule has 3 rings (SSSR count). The van der Waals surface area contributed by atoms with Crippen molar-refractivity contribution in [3.63, 3.8) is 0 Å². The predicted octanol–water partition coefficient (Wildman–Crippen LogP) is 5.90. The van der Waals surface area contributed by atoms with Gasteiger partial charge in [-0.05, 0) is 61.8 Å². The molecule has 0 bridgehead atoms. The number of carbonyl (C=O) groups is 1. The lowest BCUT2D eigenvalue weighted by Crippen LogP contribution is -2.27. The van der Waals surface area contributed by atoms with E-state index in [1.165, 1.54) is 24.8 Å². The topological polar surface area (TPSA) is 51.2 Å². The van der Waals surface area contributed by atoms with Crippen LogP contribution in [0.25, 0.3) is 0 Å². The molecule has 1 heterocycles. The normalized spacial score (nSPS) is 19.2. The number of nitrogens with zero attached hydrogens (tertiary/aromatic N) is 1. The van der Waals surface area contributed by atoms with Gasteiger partial charge < -0.3 is 10.1 Å². The van der Waals surface area contributed by atoms with Gasteiger partial charge in [0.15, 0.2) is 11.6 Å². The smallest absolute Gasteiger partial charge is 0.228 e. The maximum atomic E-state index is 12.8. The number of rotatable bonds is 8. The maximum absolute atomic E-state index is 12.8. The van der Waals surface area contributed by atoms with E-state index >= 15 is 0 Å². The first-order valence-electron chi connectivity index (χ1n) is 10.6. The van der Waals surface area contributed by atoms with E-state index in [0.29, 0.717) is 18.2 Å². The van der Waals surface area contributed by atoms with Crippen molar-refractivity contribution in [3.05, 3.63) is 53.7 Å². The SMILES string of the molecule is CCCCC1CCC(C(=O)Nc2ncccc2OCc2ccccc2C)CC1. The average molecular weight is 381 g/mol. The molecule has 150 valence electrons. The minimum atomic E-state index is 0.0772. The lowest BCUT2D eigenvalue weighted by Gasteiger charge is -2.27. The molecule has 0 radical (unpaired) electrons.